The lowest BCUT2D eigenvalue weighted by molar-refractivity contribution is 0.154. The molecule has 0 bridgehead atoms. The van der Waals surface area contributed by atoms with E-state index in [0.29, 0.717) is 13.2 Å². The van der Waals surface area contributed by atoms with Crippen LogP contribution in [0.2, 0.25) is 22.1 Å². The molecule has 2 aromatic carbocycles. The van der Waals surface area contributed by atoms with Gasteiger partial charge in [0.25, 0.3) is 0 Å². The zero-order valence-corrected chi connectivity index (χ0v) is 16.0. The van der Waals surface area contributed by atoms with Crippen LogP contribution in [0.1, 0.15) is 25.0 Å². The van der Waals surface area contributed by atoms with Crippen molar-refractivity contribution in [3.63, 3.8) is 0 Å². The van der Waals surface area contributed by atoms with E-state index in [4.69, 9.17) is 32.1 Å². The van der Waals surface area contributed by atoms with Crippen LogP contribution in [0.3, 0.4) is 0 Å². The van der Waals surface area contributed by atoms with Crippen molar-refractivity contribution in [1.82, 2.24) is 0 Å². The first kappa shape index (κ1) is 18.5. The van der Waals surface area contributed by atoms with E-state index in [0.717, 1.165) is 33.3 Å². The third-order valence-corrected chi connectivity index (χ3v) is 7.91. The molecule has 2 aromatic rings. The van der Waals surface area contributed by atoms with Gasteiger partial charge in [-0.25, -0.2) is 0 Å². The summed E-state index contributed by atoms with van der Waals surface area (Å²) >= 11 is 11.8. The maximum atomic E-state index is 6.25. The highest BCUT2D eigenvalue weighted by molar-refractivity contribution is 6.67. The molecule has 0 radical (unpaired) electrons. The van der Waals surface area contributed by atoms with Crippen LogP contribution < -0.4 is 0 Å². The molecule has 0 aliphatic carbocycles. The van der Waals surface area contributed by atoms with Crippen molar-refractivity contribution in [2.75, 3.05) is 0 Å². The first-order valence-corrected chi connectivity index (χ1v) is 10.8. The molecule has 0 atom stereocenters. The Morgan fingerprint density at radius 3 is 1.35 bits per heavy atom. The van der Waals surface area contributed by atoms with E-state index >= 15 is 0 Å². The van der Waals surface area contributed by atoms with Crippen molar-refractivity contribution >= 4 is 31.8 Å². The summed E-state index contributed by atoms with van der Waals surface area (Å²) in [5.41, 5.74) is 2.23. The van der Waals surface area contributed by atoms with Gasteiger partial charge in [0.15, 0.2) is 0 Å². The second-order valence-corrected chi connectivity index (χ2v) is 10.1. The van der Waals surface area contributed by atoms with E-state index in [1.807, 2.05) is 48.5 Å². The van der Waals surface area contributed by atoms with Crippen molar-refractivity contribution in [2.24, 2.45) is 0 Å². The molecule has 2 rings (SSSR count). The minimum absolute atomic E-state index is 0.561. The molecule has 0 unspecified atom stereocenters. The van der Waals surface area contributed by atoms with Gasteiger partial charge in [-0.1, -0.05) is 61.3 Å². The van der Waals surface area contributed by atoms with Crippen LogP contribution in [0.5, 0.6) is 0 Å². The molecule has 0 saturated heterocycles. The summed E-state index contributed by atoms with van der Waals surface area (Å²) in [4.78, 5) is 0. The van der Waals surface area contributed by atoms with Crippen molar-refractivity contribution < 1.29 is 8.85 Å². The topological polar surface area (TPSA) is 18.5 Å². The Balaban J connectivity index is 1.97. The van der Waals surface area contributed by atoms with Gasteiger partial charge < -0.3 is 8.85 Å². The second kappa shape index (κ2) is 8.86. The highest BCUT2D eigenvalue weighted by atomic mass is 35.5. The molecule has 0 aliphatic rings. The summed E-state index contributed by atoms with van der Waals surface area (Å²) in [6, 6.07) is 17.4. The largest absolute Gasteiger partial charge is 0.390 e. The minimum Gasteiger partial charge on any atom is -0.390 e. The van der Waals surface area contributed by atoms with Crippen molar-refractivity contribution in [1.29, 1.82) is 0 Å². The lowest BCUT2D eigenvalue weighted by Gasteiger charge is -2.29. The molecular formula is C18H22Cl2O2Si. The van der Waals surface area contributed by atoms with Crippen LogP contribution in [0, 0.1) is 0 Å². The first-order valence-electron chi connectivity index (χ1n) is 7.83. The van der Waals surface area contributed by atoms with Gasteiger partial charge in [-0.3, -0.25) is 0 Å². The molecule has 0 heterocycles. The van der Waals surface area contributed by atoms with E-state index in [1.165, 1.54) is 0 Å². The Labute approximate surface area is 149 Å². The zero-order chi connectivity index (χ0) is 16.7. The summed E-state index contributed by atoms with van der Waals surface area (Å²) in [6.07, 6.45) is 0. The molecule has 23 heavy (non-hydrogen) atoms. The van der Waals surface area contributed by atoms with Crippen molar-refractivity contribution in [3.05, 3.63) is 69.7 Å². The highest BCUT2D eigenvalue weighted by Crippen LogP contribution is 2.23. The van der Waals surface area contributed by atoms with E-state index in [1.54, 1.807) is 0 Å². The summed E-state index contributed by atoms with van der Waals surface area (Å²) in [5, 5.41) is 1.48. The predicted octanol–water partition coefficient (Wildman–Crippen LogP) is 6.21. The molecule has 0 N–H and O–H groups in total. The Morgan fingerprint density at radius 1 is 0.696 bits per heavy atom. The fourth-order valence-electron chi connectivity index (χ4n) is 2.29. The van der Waals surface area contributed by atoms with E-state index in [-0.39, 0.29) is 0 Å². The van der Waals surface area contributed by atoms with Crippen LogP contribution in [-0.2, 0) is 22.1 Å². The van der Waals surface area contributed by atoms with Crippen LogP contribution in [0.25, 0.3) is 0 Å². The van der Waals surface area contributed by atoms with Crippen molar-refractivity contribution in [2.45, 2.75) is 39.1 Å². The van der Waals surface area contributed by atoms with Gasteiger partial charge in [0.1, 0.15) is 0 Å². The van der Waals surface area contributed by atoms with Gasteiger partial charge in [0.2, 0.25) is 0 Å². The molecule has 0 amide bonds. The molecule has 2 nitrogen and oxygen atoms in total. The molecule has 5 heteroatoms. The van der Waals surface area contributed by atoms with Crippen LogP contribution >= 0.6 is 23.2 Å². The minimum atomic E-state index is -2.20. The maximum absolute atomic E-state index is 6.25. The Hall–Kier alpha value is -0.843. The van der Waals surface area contributed by atoms with Crippen LogP contribution in [0.4, 0.5) is 0 Å². The summed E-state index contributed by atoms with van der Waals surface area (Å²) in [6.45, 7) is 5.40. The smallest absolute Gasteiger partial charge is 0.338 e. The molecule has 0 spiro atoms. The second-order valence-electron chi connectivity index (χ2n) is 5.45. The van der Waals surface area contributed by atoms with Gasteiger partial charge in [0.05, 0.1) is 13.2 Å². The highest BCUT2D eigenvalue weighted by Gasteiger charge is 2.33. The van der Waals surface area contributed by atoms with Gasteiger partial charge in [-0.05, 0) is 47.5 Å². The fourth-order valence-corrected chi connectivity index (χ4v) is 4.80. The quantitative estimate of drug-likeness (QED) is 0.515. The molecular weight excluding hydrogens is 347 g/mol. The lowest BCUT2D eigenvalue weighted by Crippen LogP contribution is -2.40. The standard InChI is InChI=1S/C18H22Cl2O2Si/c1-3-23(4-2,21-13-15-5-9-17(19)10-6-15)22-14-16-7-11-18(20)12-8-16/h5-12H,3-4,13-14H2,1-2H3. The third-order valence-electron chi connectivity index (χ3n) is 3.91. The molecule has 0 saturated carbocycles. The normalized spacial score (nSPS) is 11.7. The predicted molar refractivity (Wildman–Crippen MR) is 99.2 cm³/mol. The lowest BCUT2D eigenvalue weighted by atomic mass is 10.2. The molecule has 0 aromatic heterocycles. The van der Waals surface area contributed by atoms with Crippen LogP contribution in [-0.4, -0.2) is 8.56 Å². The molecule has 124 valence electrons. The summed E-state index contributed by atoms with van der Waals surface area (Å²) in [5.74, 6) is 0. The molecule has 0 aliphatic heterocycles. The summed E-state index contributed by atoms with van der Waals surface area (Å²) in [7, 11) is -2.20. The fraction of sp³-hybridized carbons (Fsp3) is 0.333. The van der Waals surface area contributed by atoms with Crippen molar-refractivity contribution in [3.8, 4) is 0 Å². The average molecular weight is 369 g/mol. The number of hydrogen-bond donors (Lipinski definition) is 0. The van der Waals surface area contributed by atoms with E-state index in [2.05, 4.69) is 13.8 Å². The van der Waals surface area contributed by atoms with Gasteiger partial charge in [-0.15, -0.1) is 0 Å². The zero-order valence-electron chi connectivity index (χ0n) is 13.5. The maximum Gasteiger partial charge on any atom is 0.338 e. The van der Waals surface area contributed by atoms with E-state index in [9.17, 15) is 0 Å². The SMILES string of the molecule is CC[Si](CC)(OCc1ccc(Cl)cc1)OCc1ccc(Cl)cc1. The number of halogens is 2. The van der Waals surface area contributed by atoms with E-state index < -0.39 is 8.56 Å². The van der Waals surface area contributed by atoms with Gasteiger partial charge in [0, 0.05) is 10.0 Å². The first-order chi connectivity index (χ1) is 11.1. The van der Waals surface area contributed by atoms with Gasteiger partial charge in [-0.2, -0.15) is 0 Å². The van der Waals surface area contributed by atoms with Crippen LogP contribution in [0.15, 0.2) is 48.5 Å². The van der Waals surface area contributed by atoms with Gasteiger partial charge >= 0.3 is 8.56 Å². The Bertz CT molecular complexity index is 544. The average Bonchev–Trinajstić information content (AvgIpc) is 2.59. The number of benzene rings is 2. The Kier molecular flexibility index (Phi) is 7.12. The third kappa shape index (κ3) is 5.62. The monoisotopic (exact) mass is 368 g/mol. The number of hydrogen-bond acceptors (Lipinski definition) is 2. The Morgan fingerprint density at radius 2 is 1.04 bits per heavy atom. The molecule has 0 fully saturated rings. The number of rotatable bonds is 8. The summed E-state index contributed by atoms with van der Waals surface area (Å²) < 4.78 is 12.5.